The van der Waals surface area contributed by atoms with Gasteiger partial charge < -0.3 is 29.6 Å². The minimum atomic E-state index is -0.660. The largest absolute Gasteiger partial charge is 0.493 e. The summed E-state index contributed by atoms with van der Waals surface area (Å²) in [4.78, 5) is 24.8. The van der Waals surface area contributed by atoms with Crippen molar-refractivity contribution in [3.05, 3.63) is 71.8 Å². The van der Waals surface area contributed by atoms with Gasteiger partial charge in [0.25, 0.3) is 0 Å². The SMILES string of the molecule is COC(=O)c1cc(Nc2ccccc2)c(Nc2ccc(OC)c(OC)c2)cc1C(=O)OC. The number of anilines is 4. The molecule has 3 aromatic rings. The lowest BCUT2D eigenvalue weighted by Crippen LogP contribution is -2.13. The van der Waals surface area contributed by atoms with E-state index in [1.807, 2.05) is 30.3 Å². The van der Waals surface area contributed by atoms with Gasteiger partial charge in [-0.25, -0.2) is 9.59 Å². The Labute approximate surface area is 186 Å². The molecule has 0 aliphatic carbocycles. The van der Waals surface area contributed by atoms with Crippen molar-refractivity contribution < 1.29 is 28.5 Å². The molecule has 3 rings (SSSR count). The molecule has 0 fully saturated rings. The third kappa shape index (κ3) is 4.92. The van der Waals surface area contributed by atoms with Crippen molar-refractivity contribution in [2.75, 3.05) is 39.1 Å². The Morgan fingerprint density at radius 2 is 1.16 bits per heavy atom. The molecule has 0 unspecified atom stereocenters. The summed E-state index contributed by atoms with van der Waals surface area (Å²) in [5.41, 5.74) is 2.72. The zero-order valence-electron chi connectivity index (χ0n) is 18.2. The summed E-state index contributed by atoms with van der Waals surface area (Å²) < 4.78 is 20.4. The van der Waals surface area contributed by atoms with E-state index in [9.17, 15) is 9.59 Å². The number of methoxy groups -OCH3 is 4. The number of rotatable bonds is 8. The highest BCUT2D eigenvalue weighted by atomic mass is 16.5. The average Bonchev–Trinajstić information content (AvgIpc) is 2.84. The van der Waals surface area contributed by atoms with Crippen LogP contribution >= 0.6 is 0 Å². The van der Waals surface area contributed by atoms with Gasteiger partial charge in [0.05, 0.1) is 50.9 Å². The Kier molecular flexibility index (Phi) is 7.17. The number of nitrogens with one attached hydrogen (secondary N) is 2. The minimum absolute atomic E-state index is 0.0703. The van der Waals surface area contributed by atoms with Crippen molar-refractivity contribution in [2.24, 2.45) is 0 Å². The molecule has 0 radical (unpaired) electrons. The topological polar surface area (TPSA) is 95.1 Å². The maximum absolute atomic E-state index is 12.4. The van der Waals surface area contributed by atoms with E-state index in [4.69, 9.17) is 18.9 Å². The summed E-state index contributed by atoms with van der Waals surface area (Å²) in [6.45, 7) is 0. The molecule has 0 saturated heterocycles. The molecule has 0 aliphatic rings. The van der Waals surface area contributed by atoms with E-state index in [0.29, 0.717) is 28.6 Å². The fourth-order valence-corrected chi connectivity index (χ4v) is 3.11. The van der Waals surface area contributed by atoms with E-state index in [1.54, 1.807) is 44.6 Å². The van der Waals surface area contributed by atoms with Crippen molar-refractivity contribution in [1.82, 2.24) is 0 Å². The summed E-state index contributed by atoms with van der Waals surface area (Å²) in [6.07, 6.45) is 0. The highest BCUT2D eigenvalue weighted by molar-refractivity contribution is 6.06. The van der Waals surface area contributed by atoms with Gasteiger partial charge in [0.2, 0.25) is 0 Å². The van der Waals surface area contributed by atoms with E-state index >= 15 is 0 Å². The number of hydrogen-bond donors (Lipinski definition) is 2. The molecule has 0 aliphatic heterocycles. The van der Waals surface area contributed by atoms with Crippen LogP contribution in [-0.4, -0.2) is 40.4 Å². The molecule has 8 heteroatoms. The second-order valence-corrected chi connectivity index (χ2v) is 6.61. The standard InChI is InChI=1S/C24H24N2O6/c1-29-21-11-10-16(12-22(21)30-2)26-20-14-18(24(28)32-4)17(23(27)31-3)13-19(20)25-15-8-6-5-7-9-15/h5-14,25-26H,1-4H3. The van der Waals surface area contributed by atoms with Crippen LogP contribution in [0.3, 0.4) is 0 Å². The van der Waals surface area contributed by atoms with Gasteiger partial charge in [-0.05, 0) is 36.4 Å². The molecule has 0 bridgehead atoms. The predicted molar refractivity (Wildman–Crippen MR) is 122 cm³/mol. The van der Waals surface area contributed by atoms with Gasteiger partial charge in [0.15, 0.2) is 11.5 Å². The lowest BCUT2D eigenvalue weighted by Gasteiger charge is -2.18. The molecule has 2 N–H and O–H groups in total. The number of carbonyl (C=O) groups excluding carboxylic acids is 2. The van der Waals surface area contributed by atoms with Gasteiger partial charge in [-0.1, -0.05) is 18.2 Å². The maximum Gasteiger partial charge on any atom is 0.338 e. The van der Waals surface area contributed by atoms with Crippen LogP contribution < -0.4 is 20.1 Å². The molecule has 0 spiro atoms. The van der Waals surface area contributed by atoms with Crippen molar-refractivity contribution in [3.8, 4) is 11.5 Å². The Bertz CT molecular complexity index is 1110. The van der Waals surface area contributed by atoms with E-state index in [0.717, 1.165) is 5.69 Å². The fourth-order valence-electron chi connectivity index (χ4n) is 3.11. The van der Waals surface area contributed by atoms with E-state index in [1.165, 1.54) is 14.2 Å². The van der Waals surface area contributed by atoms with Crippen LogP contribution in [0.2, 0.25) is 0 Å². The molecule has 8 nitrogen and oxygen atoms in total. The number of esters is 2. The maximum atomic E-state index is 12.4. The second-order valence-electron chi connectivity index (χ2n) is 6.61. The Morgan fingerprint density at radius 3 is 1.66 bits per heavy atom. The zero-order chi connectivity index (χ0) is 23.1. The second kappa shape index (κ2) is 10.2. The summed E-state index contributed by atoms with van der Waals surface area (Å²) in [7, 11) is 5.61. The first-order valence-corrected chi connectivity index (χ1v) is 9.66. The Balaban J connectivity index is 2.12. The number of ether oxygens (including phenoxy) is 4. The van der Waals surface area contributed by atoms with Gasteiger partial charge in [-0.2, -0.15) is 0 Å². The molecular formula is C24H24N2O6. The van der Waals surface area contributed by atoms with Crippen LogP contribution in [0.1, 0.15) is 20.7 Å². The van der Waals surface area contributed by atoms with Crippen LogP contribution in [0, 0.1) is 0 Å². The van der Waals surface area contributed by atoms with Gasteiger partial charge in [0, 0.05) is 17.4 Å². The molecule has 3 aromatic carbocycles. The Morgan fingerprint density at radius 1 is 0.625 bits per heavy atom. The molecule has 0 saturated carbocycles. The highest BCUT2D eigenvalue weighted by Gasteiger charge is 2.22. The summed E-state index contributed by atoms with van der Waals surface area (Å²) in [6, 6.07) is 17.8. The lowest BCUT2D eigenvalue weighted by atomic mass is 10.0. The Hall–Kier alpha value is -4.20. The lowest BCUT2D eigenvalue weighted by molar-refractivity contribution is 0.0555. The van der Waals surface area contributed by atoms with Gasteiger partial charge in [-0.15, -0.1) is 0 Å². The van der Waals surface area contributed by atoms with E-state index < -0.39 is 11.9 Å². The van der Waals surface area contributed by atoms with Gasteiger partial charge >= 0.3 is 11.9 Å². The minimum Gasteiger partial charge on any atom is -0.493 e. The first-order valence-electron chi connectivity index (χ1n) is 9.66. The smallest absolute Gasteiger partial charge is 0.338 e. The predicted octanol–water partition coefficient (Wildman–Crippen LogP) is 4.76. The molecule has 166 valence electrons. The summed E-state index contributed by atoms with van der Waals surface area (Å²) in [5, 5.41) is 6.53. The molecule has 0 heterocycles. The molecule has 0 aromatic heterocycles. The molecule has 32 heavy (non-hydrogen) atoms. The van der Waals surface area contributed by atoms with Gasteiger partial charge in [0.1, 0.15) is 0 Å². The van der Waals surface area contributed by atoms with Crippen LogP contribution in [-0.2, 0) is 9.47 Å². The first-order chi connectivity index (χ1) is 15.5. The third-order valence-electron chi connectivity index (χ3n) is 4.68. The monoisotopic (exact) mass is 436 g/mol. The number of para-hydroxylation sites is 1. The summed E-state index contributed by atoms with van der Waals surface area (Å²) >= 11 is 0. The van der Waals surface area contributed by atoms with Crippen molar-refractivity contribution in [3.63, 3.8) is 0 Å². The quantitative estimate of drug-likeness (QED) is 0.488. The van der Waals surface area contributed by atoms with Crippen molar-refractivity contribution in [1.29, 1.82) is 0 Å². The first kappa shape index (κ1) is 22.5. The zero-order valence-corrected chi connectivity index (χ0v) is 18.2. The van der Waals surface area contributed by atoms with Crippen molar-refractivity contribution >= 4 is 34.7 Å². The van der Waals surface area contributed by atoms with E-state index in [-0.39, 0.29) is 11.1 Å². The third-order valence-corrected chi connectivity index (χ3v) is 4.68. The molecule has 0 atom stereocenters. The van der Waals surface area contributed by atoms with Crippen molar-refractivity contribution in [2.45, 2.75) is 0 Å². The van der Waals surface area contributed by atoms with Crippen LogP contribution in [0.25, 0.3) is 0 Å². The fraction of sp³-hybridized carbons (Fsp3) is 0.167. The normalized spacial score (nSPS) is 10.1. The number of hydrogen-bond acceptors (Lipinski definition) is 8. The van der Waals surface area contributed by atoms with Crippen LogP contribution in [0.4, 0.5) is 22.7 Å². The van der Waals surface area contributed by atoms with Gasteiger partial charge in [-0.3, -0.25) is 0 Å². The molecule has 0 amide bonds. The van der Waals surface area contributed by atoms with E-state index in [2.05, 4.69) is 10.6 Å². The highest BCUT2D eigenvalue weighted by Crippen LogP contribution is 2.35. The average molecular weight is 436 g/mol. The number of carbonyl (C=O) groups is 2. The number of benzene rings is 3. The van der Waals surface area contributed by atoms with Crippen LogP contribution in [0.5, 0.6) is 11.5 Å². The summed E-state index contributed by atoms with van der Waals surface area (Å²) in [5.74, 6) is -0.197. The molecular weight excluding hydrogens is 412 g/mol. The van der Waals surface area contributed by atoms with Crippen LogP contribution in [0.15, 0.2) is 60.7 Å².